The summed E-state index contributed by atoms with van der Waals surface area (Å²) in [7, 11) is 3.22. The summed E-state index contributed by atoms with van der Waals surface area (Å²) in [6.45, 7) is 3.79. The summed E-state index contributed by atoms with van der Waals surface area (Å²) in [6.07, 6.45) is 1.72. The van der Waals surface area contributed by atoms with Gasteiger partial charge >= 0.3 is 0 Å². The standard InChI is InChI=1S/C18H22N2O3S/c1-12(15-11-14(22-3)8-9-16(15)23-4)20-18(21)13(2)24-17-7-5-6-10-19-17/h5-13H,1-4H3,(H,20,21)/t12-,13-/m0/s1. The number of methoxy groups -OCH3 is 2. The number of carbonyl (C=O) groups excluding carboxylic acids is 1. The number of pyridine rings is 1. The molecule has 2 atom stereocenters. The molecule has 1 aromatic carbocycles. The lowest BCUT2D eigenvalue weighted by Crippen LogP contribution is -2.33. The van der Waals surface area contributed by atoms with E-state index in [0.29, 0.717) is 5.75 Å². The van der Waals surface area contributed by atoms with Gasteiger partial charge in [0, 0.05) is 11.8 Å². The van der Waals surface area contributed by atoms with Gasteiger partial charge in [-0.15, -0.1) is 0 Å². The number of nitrogens with one attached hydrogen (secondary N) is 1. The Morgan fingerprint density at radius 2 is 1.96 bits per heavy atom. The van der Waals surface area contributed by atoms with E-state index in [4.69, 9.17) is 9.47 Å². The van der Waals surface area contributed by atoms with Crippen molar-refractivity contribution in [3.05, 3.63) is 48.2 Å². The molecular weight excluding hydrogens is 324 g/mol. The van der Waals surface area contributed by atoms with E-state index >= 15 is 0 Å². The van der Waals surface area contributed by atoms with Gasteiger partial charge in [0.1, 0.15) is 11.5 Å². The van der Waals surface area contributed by atoms with Crippen LogP contribution in [0.25, 0.3) is 0 Å². The van der Waals surface area contributed by atoms with Crippen LogP contribution in [0, 0.1) is 0 Å². The number of rotatable bonds is 7. The van der Waals surface area contributed by atoms with E-state index in [1.54, 1.807) is 20.4 Å². The summed E-state index contributed by atoms with van der Waals surface area (Å²) in [5, 5.41) is 3.59. The Balaban J connectivity index is 2.05. The minimum absolute atomic E-state index is 0.0528. The van der Waals surface area contributed by atoms with Crippen molar-refractivity contribution < 1.29 is 14.3 Å². The first kappa shape index (κ1) is 18.1. The maximum absolute atomic E-state index is 12.5. The minimum Gasteiger partial charge on any atom is -0.497 e. The third-order valence-corrected chi connectivity index (χ3v) is 4.62. The maximum atomic E-state index is 12.5. The monoisotopic (exact) mass is 346 g/mol. The van der Waals surface area contributed by atoms with Crippen molar-refractivity contribution in [2.45, 2.75) is 30.2 Å². The molecule has 0 saturated heterocycles. The second-order valence-electron chi connectivity index (χ2n) is 5.27. The van der Waals surface area contributed by atoms with Crippen LogP contribution in [0.1, 0.15) is 25.5 Å². The quantitative estimate of drug-likeness (QED) is 0.778. The summed E-state index contributed by atoms with van der Waals surface area (Å²) in [5.41, 5.74) is 0.875. The second-order valence-corrected chi connectivity index (χ2v) is 6.63. The zero-order valence-corrected chi connectivity index (χ0v) is 15.1. The van der Waals surface area contributed by atoms with Gasteiger partial charge in [-0.3, -0.25) is 4.79 Å². The number of carbonyl (C=O) groups is 1. The van der Waals surface area contributed by atoms with Gasteiger partial charge in [-0.05, 0) is 44.2 Å². The number of ether oxygens (including phenoxy) is 2. The van der Waals surface area contributed by atoms with Crippen LogP contribution in [0.5, 0.6) is 11.5 Å². The van der Waals surface area contributed by atoms with Crippen LogP contribution >= 0.6 is 11.8 Å². The largest absolute Gasteiger partial charge is 0.497 e. The first-order valence-corrected chi connectivity index (χ1v) is 8.53. The van der Waals surface area contributed by atoms with Crippen LogP contribution in [-0.2, 0) is 4.79 Å². The number of hydrogen-bond acceptors (Lipinski definition) is 5. The van der Waals surface area contributed by atoms with Gasteiger partial charge < -0.3 is 14.8 Å². The molecule has 128 valence electrons. The Bertz CT molecular complexity index is 679. The molecule has 1 N–H and O–H groups in total. The highest BCUT2D eigenvalue weighted by Crippen LogP contribution is 2.30. The van der Waals surface area contributed by atoms with Crippen molar-refractivity contribution in [2.24, 2.45) is 0 Å². The molecular formula is C18H22N2O3S. The maximum Gasteiger partial charge on any atom is 0.233 e. The highest BCUT2D eigenvalue weighted by Gasteiger charge is 2.20. The molecule has 1 heterocycles. The topological polar surface area (TPSA) is 60.5 Å². The molecule has 0 aliphatic rings. The number of aromatic nitrogens is 1. The Labute approximate surface area is 146 Å². The van der Waals surface area contributed by atoms with Crippen LogP contribution in [0.3, 0.4) is 0 Å². The van der Waals surface area contributed by atoms with Crippen LogP contribution in [0.15, 0.2) is 47.6 Å². The molecule has 0 bridgehead atoms. The van der Waals surface area contributed by atoms with Gasteiger partial charge in [0.15, 0.2) is 0 Å². The third-order valence-electron chi connectivity index (χ3n) is 3.57. The highest BCUT2D eigenvalue weighted by molar-refractivity contribution is 8.00. The van der Waals surface area contributed by atoms with E-state index in [9.17, 15) is 4.79 Å². The molecule has 5 nitrogen and oxygen atoms in total. The molecule has 24 heavy (non-hydrogen) atoms. The smallest absolute Gasteiger partial charge is 0.233 e. The number of nitrogens with zero attached hydrogens (tertiary/aromatic N) is 1. The first-order valence-electron chi connectivity index (χ1n) is 7.65. The van der Waals surface area contributed by atoms with E-state index in [2.05, 4.69) is 10.3 Å². The molecule has 0 saturated carbocycles. The molecule has 0 radical (unpaired) electrons. The normalized spacial score (nSPS) is 13.0. The fourth-order valence-electron chi connectivity index (χ4n) is 2.24. The summed E-state index contributed by atoms with van der Waals surface area (Å²) < 4.78 is 10.6. The average Bonchev–Trinajstić information content (AvgIpc) is 2.61. The van der Waals surface area contributed by atoms with Crippen LogP contribution in [0.2, 0.25) is 0 Å². The number of thioether (sulfide) groups is 1. The van der Waals surface area contributed by atoms with Crippen molar-refractivity contribution in [3.8, 4) is 11.5 Å². The van der Waals surface area contributed by atoms with Crippen molar-refractivity contribution in [3.63, 3.8) is 0 Å². The second kappa shape index (κ2) is 8.59. The molecule has 0 spiro atoms. The number of benzene rings is 1. The van der Waals surface area contributed by atoms with Gasteiger partial charge in [-0.25, -0.2) is 4.98 Å². The Morgan fingerprint density at radius 1 is 1.17 bits per heavy atom. The summed E-state index contributed by atoms with van der Waals surface area (Å²) in [5.74, 6) is 1.39. The fraction of sp³-hybridized carbons (Fsp3) is 0.333. The minimum atomic E-state index is -0.251. The molecule has 1 amide bonds. The first-order chi connectivity index (χ1) is 11.5. The molecule has 0 aliphatic heterocycles. The van der Waals surface area contributed by atoms with Crippen molar-refractivity contribution in [1.29, 1.82) is 0 Å². The van der Waals surface area contributed by atoms with Gasteiger partial charge in [0.2, 0.25) is 5.91 Å². The molecule has 2 aromatic rings. The lowest BCUT2D eigenvalue weighted by molar-refractivity contribution is -0.120. The lowest BCUT2D eigenvalue weighted by atomic mass is 10.1. The lowest BCUT2D eigenvalue weighted by Gasteiger charge is -2.20. The molecule has 1 aromatic heterocycles. The molecule has 0 fully saturated rings. The number of hydrogen-bond donors (Lipinski definition) is 1. The third kappa shape index (κ3) is 4.64. The summed E-state index contributed by atoms with van der Waals surface area (Å²) in [6, 6.07) is 11.0. The predicted octanol–water partition coefficient (Wildman–Crippen LogP) is 3.46. The Morgan fingerprint density at radius 3 is 2.58 bits per heavy atom. The highest BCUT2D eigenvalue weighted by atomic mass is 32.2. The van der Waals surface area contributed by atoms with Gasteiger partial charge in [0.25, 0.3) is 0 Å². The van der Waals surface area contributed by atoms with Crippen molar-refractivity contribution in [1.82, 2.24) is 10.3 Å². The average molecular weight is 346 g/mol. The van der Waals surface area contributed by atoms with Crippen molar-refractivity contribution in [2.75, 3.05) is 14.2 Å². The van der Waals surface area contributed by atoms with E-state index < -0.39 is 0 Å². The molecule has 2 rings (SSSR count). The van der Waals surface area contributed by atoms with Gasteiger partial charge in [-0.2, -0.15) is 0 Å². The van der Waals surface area contributed by atoms with Crippen LogP contribution in [0.4, 0.5) is 0 Å². The fourth-order valence-corrected chi connectivity index (χ4v) is 3.05. The SMILES string of the molecule is COc1ccc(OC)c([C@H](C)NC(=O)[C@H](C)Sc2ccccn2)c1. The molecule has 0 aliphatic carbocycles. The van der Waals surface area contributed by atoms with E-state index in [1.807, 2.05) is 50.2 Å². The van der Waals surface area contributed by atoms with Crippen LogP contribution in [-0.4, -0.2) is 30.4 Å². The van der Waals surface area contributed by atoms with Crippen LogP contribution < -0.4 is 14.8 Å². The van der Waals surface area contributed by atoms with E-state index in [1.165, 1.54) is 11.8 Å². The van der Waals surface area contributed by atoms with Gasteiger partial charge in [-0.1, -0.05) is 17.8 Å². The zero-order chi connectivity index (χ0) is 17.5. The number of amides is 1. The van der Waals surface area contributed by atoms with Crippen molar-refractivity contribution >= 4 is 17.7 Å². The molecule has 6 heteroatoms. The summed E-state index contributed by atoms with van der Waals surface area (Å²) in [4.78, 5) is 16.7. The molecule has 0 unspecified atom stereocenters. The Hall–Kier alpha value is -2.21. The Kier molecular flexibility index (Phi) is 6.49. The summed E-state index contributed by atoms with van der Waals surface area (Å²) >= 11 is 1.43. The predicted molar refractivity (Wildman–Crippen MR) is 95.7 cm³/mol. The van der Waals surface area contributed by atoms with E-state index in [-0.39, 0.29) is 17.2 Å². The zero-order valence-electron chi connectivity index (χ0n) is 14.3. The van der Waals surface area contributed by atoms with Gasteiger partial charge in [0.05, 0.1) is 30.5 Å². The van der Waals surface area contributed by atoms with E-state index in [0.717, 1.165) is 16.3 Å².